The summed E-state index contributed by atoms with van der Waals surface area (Å²) in [7, 11) is 1.84. The first-order valence-electron chi connectivity index (χ1n) is 5.04. The molecule has 0 aliphatic carbocycles. The molecule has 0 spiro atoms. The number of hydrogen-bond acceptors (Lipinski definition) is 2. The first-order valence-corrected chi connectivity index (χ1v) is 5.04. The van der Waals surface area contributed by atoms with E-state index in [0.29, 0.717) is 13.0 Å². The Labute approximate surface area is 89.5 Å². The lowest BCUT2D eigenvalue weighted by Crippen LogP contribution is -2.10. The Morgan fingerprint density at radius 2 is 2.20 bits per heavy atom. The summed E-state index contributed by atoms with van der Waals surface area (Å²) in [5, 5.41) is 3.02. The topological polar surface area (TPSA) is 29.1 Å². The fourth-order valence-electron chi connectivity index (χ4n) is 1.54. The summed E-state index contributed by atoms with van der Waals surface area (Å²) in [6.07, 6.45) is 1.49. The van der Waals surface area contributed by atoms with Crippen molar-refractivity contribution in [3.05, 3.63) is 35.1 Å². The van der Waals surface area contributed by atoms with Gasteiger partial charge < -0.3 is 10.1 Å². The van der Waals surface area contributed by atoms with Gasteiger partial charge in [0.05, 0.1) is 0 Å². The second kappa shape index (κ2) is 5.61. The smallest absolute Gasteiger partial charge is 0.123 e. The van der Waals surface area contributed by atoms with Crippen molar-refractivity contribution in [2.45, 2.75) is 19.9 Å². The second-order valence-electron chi connectivity index (χ2n) is 3.76. The van der Waals surface area contributed by atoms with E-state index >= 15 is 0 Å². The average molecular weight is 209 g/mol. The van der Waals surface area contributed by atoms with Crippen LogP contribution in [0.15, 0.2) is 18.2 Å². The third-order valence-corrected chi connectivity index (χ3v) is 2.31. The maximum absolute atomic E-state index is 13.0. The van der Waals surface area contributed by atoms with Gasteiger partial charge >= 0.3 is 0 Å². The summed E-state index contributed by atoms with van der Waals surface area (Å²) >= 11 is 0. The lowest BCUT2D eigenvalue weighted by atomic mass is 9.97. The molecule has 0 radical (unpaired) electrons. The standard InChI is InChI=1S/C12H16FNO/c1-9(8-15)5-11-6-12(13)4-3-10(11)7-14-2/h3-4,6,8-9,14H,5,7H2,1-2H3. The summed E-state index contributed by atoms with van der Waals surface area (Å²) in [5.41, 5.74) is 1.96. The number of nitrogens with one attached hydrogen (secondary N) is 1. The van der Waals surface area contributed by atoms with Crippen molar-refractivity contribution >= 4 is 6.29 Å². The Morgan fingerprint density at radius 1 is 1.47 bits per heavy atom. The van der Waals surface area contributed by atoms with E-state index in [9.17, 15) is 9.18 Å². The Bertz CT molecular complexity index is 338. The molecule has 0 aliphatic rings. The number of carbonyl (C=O) groups is 1. The van der Waals surface area contributed by atoms with Gasteiger partial charge in [-0.25, -0.2) is 4.39 Å². The van der Waals surface area contributed by atoms with Gasteiger partial charge in [0.15, 0.2) is 0 Å². The van der Waals surface area contributed by atoms with Gasteiger partial charge in [-0.2, -0.15) is 0 Å². The third kappa shape index (κ3) is 3.44. The predicted molar refractivity (Wildman–Crippen MR) is 58.1 cm³/mol. The summed E-state index contributed by atoms with van der Waals surface area (Å²) in [6.45, 7) is 2.53. The zero-order chi connectivity index (χ0) is 11.3. The van der Waals surface area contributed by atoms with E-state index < -0.39 is 0 Å². The van der Waals surface area contributed by atoms with Crippen molar-refractivity contribution < 1.29 is 9.18 Å². The fourth-order valence-corrected chi connectivity index (χ4v) is 1.54. The van der Waals surface area contributed by atoms with E-state index in [0.717, 1.165) is 17.4 Å². The molecule has 0 bridgehead atoms. The van der Waals surface area contributed by atoms with Crippen LogP contribution in [0.25, 0.3) is 0 Å². The van der Waals surface area contributed by atoms with Gasteiger partial charge in [-0.1, -0.05) is 13.0 Å². The third-order valence-electron chi connectivity index (χ3n) is 2.31. The summed E-state index contributed by atoms with van der Waals surface area (Å²) in [6, 6.07) is 4.72. The molecule has 1 N–H and O–H groups in total. The minimum atomic E-state index is -0.247. The molecule has 3 heteroatoms. The highest BCUT2D eigenvalue weighted by atomic mass is 19.1. The van der Waals surface area contributed by atoms with Crippen molar-refractivity contribution in [1.29, 1.82) is 0 Å². The molecule has 1 aromatic rings. The highest BCUT2D eigenvalue weighted by Crippen LogP contribution is 2.15. The van der Waals surface area contributed by atoms with Gasteiger partial charge in [-0.3, -0.25) is 0 Å². The highest BCUT2D eigenvalue weighted by Gasteiger charge is 2.07. The molecule has 0 aliphatic heterocycles. The first-order chi connectivity index (χ1) is 7.17. The van der Waals surface area contributed by atoms with Gasteiger partial charge in [0.25, 0.3) is 0 Å². The number of carbonyl (C=O) groups excluding carboxylic acids is 1. The molecular formula is C12H16FNO. The summed E-state index contributed by atoms with van der Waals surface area (Å²) < 4.78 is 13.0. The Hall–Kier alpha value is -1.22. The van der Waals surface area contributed by atoms with Crippen LogP contribution in [-0.4, -0.2) is 13.3 Å². The quantitative estimate of drug-likeness (QED) is 0.751. The molecule has 15 heavy (non-hydrogen) atoms. The van der Waals surface area contributed by atoms with E-state index in [2.05, 4.69) is 5.32 Å². The van der Waals surface area contributed by atoms with Crippen molar-refractivity contribution in [3.63, 3.8) is 0 Å². The molecule has 0 saturated carbocycles. The van der Waals surface area contributed by atoms with E-state index in [-0.39, 0.29) is 11.7 Å². The van der Waals surface area contributed by atoms with Gasteiger partial charge in [-0.05, 0) is 36.7 Å². The van der Waals surface area contributed by atoms with Crippen LogP contribution < -0.4 is 5.32 Å². The van der Waals surface area contributed by atoms with Gasteiger partial charge in [0, 0.05) is 12.5 Å². The molecule has 82 valence electrons. The molecule has 0 aromatic heterocycles. The van der Waals surface area contributed by atoms with Crippen LogP contribution in [0.3, 0.4) is 0 Å². The van der Waals surface area contributed by atoms with Gasteiger partial charge in [0.1, 0.15) is 12.1 Å². The fraction of sp³-hybridized carbons (Fsp3) is 0.417. The van der Waals surface area contributed by atoms with Crippen LogP contribution >= 0.6 is 0 Å². The molecule has 1 aromatic carbocycles. The SMILES string of the molecule is CNCc1ccc(F)cc1CC(C)C=O. The van der Waals surface area contributed by atoms with Crippen LogP contribution in [0.1, 0.15) is 18.1 Å². The molecule has 0 fully saturated rings. The van der Waals surface area contributed by atoms with Crippen LogP contribution in [-0.2, 0) is 17.8 Å². The average Bonchev–Trinajstić information content (AvgIpc) is 2.22. The Morgan fingerprint density at radius 3 is 2.80 bits per heavy atom. The number of benzene rings is 1. The first kappa shape index (κ1) is 11.9. The lowest BCUT2D eigenvalue weighted by molar-refractivity contribution is -0.110. The van der Waals surface area contributed by atoms with Crippen molar-refractivity contribution in [2.75, 3.05) is 7.05 Å². The van der Waals surface area contributed by atoms with Crippen molar-refractivity contribution in [3.8, 4) is 0 Å². The molecule has 0 amide bonds. The lowest BCUT2D eigenvalue weighted by Gasteiger charge is -2.10. The van der Waals surface area contributed by atoms with Crippen LogP contribution in [0.4, 0.5) is 4.39 Å². The molecule has 1 rings (SSSR count). The molecule has 0 heterocycles. The largest absolute Gasteiger partial charge is 0.316 e. The molecular weight excluding hydrogens is 193 g/mol. The maximum atomic E-state index is 13.0. The van der Waals surface area contributed by atoms with E-state index in [1.54, 1.807) is 6.07 Å². The van der Waals surface area contributed by atoms with Crippen molar-refractivity contribution in [2.24, 2.45) is 5.92 Å². The maximum Gasteiger partial charge on any atom is 0.123 e. The van der Waals surface area contributed by atoms with E-state index in [1.165, 1.54) is 12.1 Å². The highest BCUT2D eigenvalue weighted by molar-refractivity contribution is 5.53. The summed E-state index contributed by atoms with van der Waals surface area (Å²) in [4.78, 5) is 10.6. The van der Waals surface area contributed by atoms with E-state index in [1.807, 2.05) is 14.0 Å². The van der Waals surface area contributed by atoms with Crippen molar-refractivity contribution in [1.82, 2.24) is 5.32 Å². The normalized spacial score (nSPS) is 12.5. The molecule has 1 atom stereocenters. The summed E-state index contributed by atoms with van der Waals surface area (Å²) in [5.74, 6) is -0.314. The zero-order valence-electron chi connectivity index (χ0n) is 9.09. The number of halogens is 1. The zero-order valence-corrected chi connectivity index (χ0v) is 9.09. The van der Waals surface area contributed by atoms with Crippen LogP contribution in [0.5, 0.6) is 0 Å². The number of hydrogen-bond donors (Lipinski definition) is 1. The Balaban J connectivity index is 2.90. The molecule has 1 unspecified atom stereocenters. The second-order valence-corrected chi connectivity index (χ2v) is 3.76. The predicted octanol–water partition coefficient (Wildman–Crippen LogP) is 1.92. The van der Waals surface area contributed by atoms with Crippen LogP contribution in [0, 0.1) is 11.7 Å². The van der Waals surface area contributed by atoms with Gasteiger partial charge in [-0.15, -0.1) is 0 Å². The molecule has 2 nitrogen and oxygen atoms in total. The monoisotopic (exact) mass is 209 g/mol. The van der Waals surface area contributed by atoms with Gasteiger partial charge in [0.2, 0.25) is 0 Å². The van der Waals surface area contributed by atoms with Crippen LogP contribution in [0.2, 0.25) is 0 Å². The molecule has 0 saturated heterocycles. The number of rotatable bonds is 5. The minimum absolute atomic E-state index is 0.0672. The Kier molecular flexibility index (Phi) is 4.43. The number of aldehydes is 1. The van der Waals surface area contributed by atoms with E-state index in [4.69, 9.17) is 0 Å². The minimum Gasteiger partial charge on any atom is -0.316 e.